The van der Waals surface area contributed by atoms with E-state index in [1.165, 1.54) is 89.9 Å². The molecule has 0 radical (unpaired) electrons. The molecule has 8 nitrogen and oxygen atoms in total. The predicted molar refractivity (Wildman–Crippen MR) is 249 cm³/mol. The lowest BCUT2D eigenvalue weighted by Crippen LogP contribution is -2.55. The third-order valence-corrected chi connectivity index (χ3v) is 23.8. The van der Waals surface area contributed by atoms with Crippen molar-refractivity contribution in [3.05, 3.63) is 0 Å². The van der Waals surface area contributed by atoms with Crippen molar-refractivity contribution in [2.45, 2.75) is 227 Å². The van der Waals surface area contributed by atoms with Gasteiger partial charge in [0.1, 0.15) is 0 Å². The number of carboxylic acid groups (broad SMARTS) is 1. The average molecular weight is 893 g/mol. The van der Waals surface area contributed by atoms with Crippen LogP contribution in [-0.2, 0) is 23.7 Å². The molecule has 8 heteroatoms. The molecule has 12 aliphatic rings. The number of aliphatic hydroxyl groups is 2. The van der Waals surface area contributed by atoms with Gasteiger partial charge in [-0.1, -0.05) is 55.4 Å². The number of hydrogen-bond donors (Lipinski definition) is 3. The Morgan fingerprint density at radius 2 is 0.859 bits per heavy atom. The van der Waals surface area contributed by atoms with Crippen LogP contribution in [0.2, 0.25) is 0 Å². The SMILES string of the molecule is CC(=O)O.C[C@H]1CC[C@@]2(OC1)O[C@H]1C[C@H]3[C@@H]4CC[C@@H]5C[C@@H](O)CC[C@]5(C)[C@H]4CC[C@]3(C)[C@H]1[C@@H]2C.C[C@H]1CC[C@@]2(OC1)O[C@H]1C[C@H]3[C@@H]4CC[C@@H]5C[C@@H](O)CC[C@]5(C)[C@H]4CC[C@]3(C)[C@H]1[C@@H]2C. The Balaban J connectivity index is 0.000000140. The zero-order valence-corrected chi connectivity index (χ0v) is 41.8. The number of ether oxygens (including phenoxy) is 4. The van der Waals surface area contributed by atoms with Gasteiger partial charge in [0.2, 0.25) is 0 Å². The standard InChI is InChI=1S/2C27H44O3.C2H4O2/c2*1-16-7-12-27(29-15-16)17(2)24-23(30-27)14-22-20-6-5-18-13-19(28)8-10-25(18,3)21(20)9-11-26(22,24)4;1-2(3)4/h2*16-24,28H,5-15H2,1-4H3;1H3,(H,3,4)/t2*16-,17-,18+,19-,20+,21-,22-,23-,24-,25-,26-,27+;/m00./s1. The van der Waals surface area contributed by atoms with E-state index < -0.39 is 5.97 Å². The summed E-state index contributed by atoms with van der Waals surface area (Å²) in [7, 11) is 0. The lowest BCUT2D eigenvalue weighted by molar-refractivity contribution is -0.273. The molecule has 0 aromatic heterocycles. The molecule has 4 saturated heterocycles. The second-order valence-electron chi connectivity index (χ2n) is 26.7. The number of fused-ring (bicyclic) bond motifs is 14. The number of carboxylic acids is 1. The Bertz CT molecular complexity index is 1580. The van der Waals surface area contributed by atoms with Crippen molar-refractivity contribution in [1.82, 2.24) is 0 Å². The van der Waals surface area contributed by atoms with E-state index in [4.69, 9.17) is 28.8 Å². The highest BCUT2D eigenvalue weighted by Crippen LogP contribution is 2.73. The predicted octanol–water partition coefficient (Wildman–Crippen LogP) is 11.7. The highest BCUT2D eigenvalue weighted by atomic mass is 16.7. The van der Waals surface area contributed by atoms with Crippen molar-refractivity contribution < 1.29 is 39.1 Å². The van der Waals surface area contributed by atoms with Crippen molar-refractivity contribution in [1.29, 1.82) is 0 Å². The van der Waals surface area contributed by atoms with Gasteiger partial charge in [-0.05, 0) is 208 Å². The Kier molecular flexibility index (Phi) is 12.2. The number of carbonyl (C=O) groups is 1. The monoisotopic (exact) mass is 893 g/mol. The molecule has 0 amide bonds. The van der Waals surface area contributed by atoms with Crippen LogP contribution >= 0.6 is 0 Å². The minimum absolute atomic E-state index is 0.0389. The largest absolute Gasteiger partial charge is 0.481 e. The van der Waals surface area contributed by atoms with Crippen LogP contribution in [0.25, 0.3) is 0 Å². The first-order valence-corrected chi connectivity index (χ1v) is 27.5. The molecule has 0 unspecified atom stereocenters. The quantitative estimate of drug-likeness (QED) is 0.220. The molecule has 8 saturated carbocycles. The van der Waals surface area contributed by atoms with Gasteiger partial charge in [-0.15, -0.1) is 0 Å². The molecular formula is C56H92O8. The normalized spacial score (nSPS) is 59.0. The van der Waals surface area contributed by atoms with Crippen LogP contribution in [-0.4, -0.2) is 70.5 Å². The molecule has 8 aliphatic carbocycles. The highest BCUT2D eigenvalue weighted by molar-refractivity contribution is 5.63. The second-order valence-corrected chi connectivity index (χ2v) is 26.7. The lowest BCUT2D eigenvalue weighted by Gasteiger charge is -2.61. The van der Waals surface area contributed by atoms with E-state index >= 15 is 0 Å². The van der Waals surface area contributed by atoms with Gasteiger partial charge in [0.05, 0.1) is 37.6 Å². The molecule has 12 rings (SSSR count). The van der Waals surface area contributed by atoms with Crippen LogP contribution in [0.3, 0.4) is 0 Å². The third-order valence-electron chi connectivity index (χ3n) is 23.8. The smallest absolute Gasteiger partial charge is 0.300 e. The minimum atomic E-state index is -0.833. The van der Waals surface area contributed by atoms with Crippen molar-refractivity contribution in [3.63, 3.8) is 0 Å². The Morgan fingerprint density at radius 3 is 1.22 bits per heavy atom. The molecule has 0 aromatic rings. The van der Waals surface area contributed by atoms with Gasteiger partial charge >= 0.3 is 0 Å². The van der Waals surface area contributed by atoms with E-state index in [2.05, 4.69) is 55.4 Å². The summed E-state index contributed by atoms with van der Waals surface area (Å²) in [6.45, 7) is 22.9. The molecule has 3 N–H and O–H groups in total. The topological polar surface area (TPSA) is 115 Å². The minimum Gasteiger partial charge on any atom is -0.481 e. The van der Waals surface area contributed by atoms with E-state index in [0.29, 0.717) is 69.4 Å². The first kappa shape index (κ1) is 46.9. The van der Waals surface area contributed by atoms with E-state index in [-0.39, 0.29) is 23.8 Å². The number of hydrogen-bond acceptors (Lipinski definition) is 7. The maximum Gasteiger partial charge on any atom is 0.300 e. The van der Waals surface area contributed by atoms with Gasteiger partial charge in [-0.25, -0.2) is 0 Å². The summed E-state index contributed by atoms with van der Waals surface area (Å²) >= 11 is 0. The fraction of sp³-hybridized carbons (Fsp3) is 0.982. The zero-order chi connectivity index (χ0) is 45.4. The van der Waals surface area contributed by atoms with Crippen LogP contribution in [0, 0.1) is 105 Å². The van der Waals surface area contributed by atoms with Crippen LogP contribution in [0.1, 0.15) is 191 Å². The summed E-state index contributed by atoms with van der Waals surface area (Å²) < 4.78 is 26.7. The van der Waals surface area contributed by atoms with Crippen molar-refractivity contribution in [2.24, 2.45) is 105 Å². The maximum absolute atomic E-state index is 10.3. The Labute approximate surface area is 388 Å². The third kappa shape index (κ3) is 7.23. The van der Waals surface area contributed by atoms with Crippen LogP contribution in [0.4, 0.5) is 0 Å². The number of aliphatic carboxylic acids is 1. The molecule has 64 heavy (non-hydrogen) atoms. The molecule has 2 spiro atoms. The summed E-state index contributed by atoms with van der Waals surface area (Å²) in [5, 5.41) is 28.0. The van der Waals surface area contributed by atoms with Crippen molar-refractivity contribution >= 4 is 5.97 Å². The molecule has 0 bridgehead atoms. The summed E-state index contributed by atoms with van der Waals surface area (Å²) in [5.74, 6) is 9.03. The Hall–Kier alpha value is -0.770. The average Bonchev–Trinajstić information content (AvgIpc) is 3.90. The van der Waals surface area contributed by atoms with Gasteiger partial charge in [0, 0.05) is 31.6 Å². The van der Waals surface area contributed by atoms with E-state index in [1.54, 1.807) is 0 Å². The first-order valence-electron chi connectivity index (χ1n) is 27.5. The zero-order valence-electron chi connectivity index (χ0n) is 41.8. The van der Waals surface area contributed by atoms with Gasteiger partial charge in [-0.3, -0.25) is 4.79 Å². The molecular weight excluding hydrogens is 801 g/mol. The summed E-state index contributed by atoms with van der Waals surface area (Å²) in [4.78, 5) is 9.00. The highest BCUT2D eigenvalue weighted by Gasteiger charge is 2.71. The molecule has 364 valence electrons. The summed E-state index contributed by atoms with van der Waals surface area (Å²) in [6, 6.07) is 0. The Morgan fingerprint density at radius 1 is 0.484 bits per heavy atom. The summed E-state index contributed by atoms with van der Waals surface area (Å²) in [5.41, 5.74) is 1.80. The van der Waals surface area contributed by atoms with E-state index in [1.807, 2.05) is 0 Å². The van der Waals surface area contributed by atoms with Crippen molar-refractivity contribution in [3.8, 4) is 0 Å². The van der Waals surface area contributed by atoms with Crippen LogP contribution in [0.15, 0.2) is 0 Å². The van der Waals surface area contributed by atoms with E-state index in [0.717, 1.165) is 106 Å². The van der Waals surface area contributed by atoms with Gasteiger partial charge in [0.15, 0.2) is 11.6 Å². The molecule has 0 aromatic carbocycles. The van der Waals surface area contributed by atoms with Gasteiger partial charge < -0.3 is 34.3 Å². The molecule has 4 aliphatic heterocycles. The molecule has 24 atom stereocenters. The van der Waals surface area contributed by atoms with Gasteiger partial charge in [-0.2, -0.15) is 0 Å². The van der Waals surface area contributed by atoms with Crippen LogP contribution in [0.5, 0.6) is 0 Å². The molecule has 4 heterocycles. The van der Waals surface area contributed by atoms with Crippen LogP contribution < -0.4 is 0 Å². The summed E-state index contributed by atoms with van der Waals surface area (Å²) in [6.07, 6.45) is 25.7. The fourth-order valence-corrected chi connectivity index (χ4v) is 20.5. The second kappa shape index (κ2) is 16.7. The maximum atomic E-state index is 10.3. The van der Waals surface area contributed by atoms with E-state index in [9.17, 15) is 10.2 Å². The number of rotatable bonds is 0. The molecule has 12 fully saturated rings. The fourth-order valence-electron chi connectivity index (χ4n) is 20.5. The van der Waals surface area contributed by atoms with Gasteiger partial charge in [0.25, 0.3) is 5.97 Å². The number of aliphatic hydroxyl groups excluding tert-OH is 2. The first-order chi connectivity index (χ1) is 30.3. The van der Waals surface area contributed by atoms with Crippen molar-refractivity contribution in [2.75, 3.05) is 13.2 Å². The lowest BCUT2D eigenvalue weighted by atomic mass is 9.44.